The number of carbonyl (C=O) groups is 2. The standard InChI is InChI=1S/C27H43NO5/c1-7-8-9-13-20-16-22(29)21(15-14-19(6)12-10-11-17(2)3)25(23(20)26(30)31)33-27(32)24(28)18(4)5/h11,14,18,20,24,29H,7-10,12-13,15-16,28H2,1-6H3,(H,30,31)/b19-14+. The van der Waals surface area contributed by atoms with E-state index in [9.17, 15) is 19.8 Å². The van der Waals surface area contributed by atoms with Gasteiger partial charge in [-0.15, -0.1) is 0 Å². The van der Waals surface area contributed by atoms with Gasteiger partial charge in [0.1, 0.15) is 17.6 Å². The summed E-state index contributed by atoms with van der Waals surface area (Å²) in [5.41, 5.74) is 8.79. The fourth-order valence-corrected chi connectivity index (χ4v) is 3.83. The quantitative estimate of drug-likeness (QED) is 0.167. The number of allylic oxidation sites excluding steroid dienone is 6. The number of aliphatic hydroxyl groups is 1. The summed E-state index contributed by atoms with van der Waals surface area (Å²) >= 11 is 0. The van der Waals surface area contributed by atoms with E-state index >= 15 is 0 Å². The van der Waals surface area contributed by atoms with Crippen molar-refractivity contribution in [1.82, 2.24) is 0 Å². The predicted octanol–water partition coefficient (Wildman–Crippen LogP) is 6.35. The van der Waals surface area contributed by atoms with Gasteiger partial charge in [-0.1, -0.05) is 63.3 Å². The minimum atomic E-state index is -1.12. The Kier molecular flexibility index (Phi) is 12.2. The molecule has 0 radical (unpaired) electrons. The molecule has 4 N–H and O–H groups in total. The zero-order valence-electron chi connectivity index (χ0n) is 21.2. The predicted molar refractivity (Wildman–Crippen MR) is 133 cm³/mol. The fourth-order valence-electron chi connectivity index (χ4n) is 3.83. The van der Waals surface area contributed by atoms with Gasteiger partial charge in [-0.2, -0.15) is 0 Å². The van der Waals surface area contributed by atoms with E-state index in [0.717, 1.165) is 37.7 Å². The van der Waals surface area contributed by atoms with E-state index in [0.29, 0.717) is 18.4 Å². The summed E-state index contributed by atoms with van der Waals surface area (Å²) in [4.78, 5) is 25.0. The van der Waals surface area contributed by atoms with E-state index < -0.39 is 23.9 Å². The molecule has 186 valence electrons. The van der Waals surface area contributed by atoms with Crippen LogP contribution in [-0.4, -0.2) is 28.2 Å². The van der Waals surface area contributed by atoms with Crippen molar-refractivity contribution in [3.05, 3.63) is 46.0 Å². The van der Waals surface area contributed by atoms with Crippen molar-refractivity contribution >= 4 is 11.9 Å². The van der Waals surface area contributed by atoms with Crippen LogP contribution >= 0.6 is 0 Å². The largest absolute Gasteiger partial charge is 0.512 e. The van der Waals surface area contributed by atoms with E-state index in [1.807, 2.05) is 13.0 Å². The number of esters is 1. The Bertz CT molecular complexity index is 812. The Balaban J connectivity index is 3.32. The molecule has 2 atom stereocenters. The van der Waals surface area contributed by atoms with Crippen LogP contribution in [-0.2, 0) is 14.3 Å². The first-order chi connectivity index (χ1) is 15.5. The molecule has 6 nitrogen and oxygen atoms in total. The van der Waals surface area contributed by atoms with E-state index in [4.69, 9.17) is 10.5 Å². The molecule has 0 bridgehead atoms. The van der Waals surface area contributed by atoms with Gasteiger partial charge in [-0.3, -0.25) is 0 Å². The Labute approximate surface area is 199 Å². The van der Waals surface area contributed by atoms with Crippen LogP contribution in [0.1, 0.15) is 92.9 Å². The molecule has 33 heavy (non-hydrogen) atoms. The lowest BCUT2D eigenvalue weighted by Crippen LogP contribution is -2.38. The van der Waals surface area contributed by atoms with E-state index in [-0.39, 0.29) is 29.4 Å². The first-order valence-electron chi connectivity index (χ1n) is 12.1. The fraction of sp³-hybridized carbons (Fsp3) is 0.630. The third-order valence-corrected chi connectivity index (χ3v) is 6.04. The van der Waals surface area contributed by atoms with Gasteiger partial charge in [-0.05, 0) is 52.4 Å². The molecule has 0 saturated carbocycles. The SMILES string of the molecule is CCCCCC1CC(O)=C(C/C=C(\C)CCC=C(C)C)C(OC(=O)C(N)C(C)C)=C1C(=O)O. The van der Waals surface area contributed by atoms with Gasteiger partial charge in [-0.25, -0.2) is 9.59 Å². The molecule has 0 aliphatic heterocycles. The molecule has 0 spiro atoms. The molecule has 0 aromatic rings. The van der Waals surface area contributed by atoms with Gasteiger partial charge in [0, 0.05) is 17.9 Å². The first kappa shape index (κ1) is 28.7. The van der Waals surface area contributed by atoms with Gasteiger partial charge in [0.15, 0.2) is 0 Å². The highest BCUT2D eigenvalue weighted by molar-refractivity contribution is 5.90. The highest BCUT2D eigenvalue weighted by atomic mass is 16.5. The van der Waals surface area contributed by atoms with Crippen molar-refractivity contribution < 1.29 is 24.5 Å². The van der Waals surface area contributed by atoms with Crippen LogP contribution in [0, 0.1) is 11.8 Å². The third kappa shape index (κ3) is 9.20. The maximum Gasteiger partial charge on any atom is 0.335 e. The number of unbranched alkanes of at least 4 members (excludes halogenated alkanes) is 2. The molecular formula is C27H43NO5. The van der Waals surface area contributed by atoms with Gasteiger partial charge in [0.05, 0.1) is 5.57 Å². The number of hydrogen-bond donors (Lipinski definition) is 3. The number of aliphatic carboxylic acids is 1. The van der Waals surface area contributed by atoms with Crippen LogP contribution in [0.25, 0.3) is 0 Å². The Morgan fingerprint density at radius 1 is 1.18 bits per heavy atom. The highest BCUT2D eigenvalue weighted by Crippen LogP contribution is 2.39. The summed E-state index contributed by atoms with van der Waals surface area (Å²) in [5.74, 6) is -2.29. The summed E-state index contributed by atoms with van der Waals surface area (Å²) in [7, 11) is 0. The van der Waals surface area contributed by atoms with Gasteiger partial charge >= 0.3 is 11.9 Å². The van der Waals surface area contributed by atoms with Gasteiger partial charge in [0.25, 0.3) is 0 Å². The molecule has 0 aromatic carbocycles. The van der Waals surface area contributed by atoms with Gasteiger partial charge in [0.2, 0.25) is 0 Å². The molecule has 1 aliphatic carbocycles. The maximum absolute atomic E-state index is 12.7. The number of aliphatic hydroxyl groups excluding tert-OH is 1. The van der Waals surface area contributed by atoms with Crippen molar-refractivity contribution in [2.75, 3.05) is 0 Å². The Morgan fingerprint density at radius 3 is 2.39 bits per heavy atom. The minimum Gasteiger partial charge on any atom is -0.512 e. The number of nitrogens with two attached hydrogens (primary N) is 1. The maximum atomic E-state index is 12.7. The van der Waals surface area contributed by atoms with Crippen LogP contribution in [0.5, 0.6) is 0 Å². The molecule has 2 unspecified atom stereocenters. The lowest BCUT2D eigenvalue weighted by atomic mass is 9.81. The average molecular weight is 462 g/mol. The summed E-state index contributed by atoms with van der Waals surface area (Å²) in [6.07, 6.45) is 9.88. The summed E-state index contributed by atoms with van der Waals surface area (Å²) in [5, 5.41) is 20.9. The smallest absolute Gasteiger partial charge is 0.335 e. The number of hydrogen-bond acceptors (Lipinski definition) is 5. The monoisotopic (exact) mass is 461 g/mol. The van der Waals surface area contributed by atoms with Gasteiger partial charge < -0.3 is 20.7 Å². The highest BCUT2D eigenvalue weighted by Gasteiger charge is 2.36. The van der Waals surface area contributed by atoms with Crippen molar-refractivity contribution in [2.45, 2.75) is 99.0 Å². The second-order valence-corrected chi connectivity index (χ2v) is 9.64. The molecule has 6 heteroatoms. The molecule has 0 saturated heterocycles. The number of ether oxygens (including phenoxy) is 1. The molecule has 1 aliphatic rings. The van der Waals surface area contributed by atoms with Crippen molar-refractivity contribution in [3.63, 3.8) is 0 Å². The molecule has 1 rings (SSSR count). The van der Waals surface area contributed by atoms with Crippen molar-refractivity contribution in [3.8, 4) is 0 Å². The molecule has 0 aromatic heterocycles. The summed E-state index contributed by atoms with van der Waals surface area (Å²) in [6.45, 7) is 11.8. The molecule has 0 fully saturated rings. The van der Waals surface area contributed by atoms with Crippen molar-refractivity contribution in [2.24, 2.45) is 17.6 Å². The second kappa shape index (κ2) is 14.0. The lowest BCUT2D eigenvalue weighted by Gasteiger charge is -2.28. The first-order valence-corrected chi connectivity index (χ1v) is 12.1. The van der Waals surface area contributed by atoms with E-state index in [1.54, 1.807) is 13.8 Å². The second-order valence-electron chi connectivity index (χ2n) is 9.64. The Morgan fingerprint density at radius 2 is 1.85 bits per heavy atom. The van der Waals surface area contributed by atoms with Crippen LogP contribution < -0.4 is 5.73 Å². The normalized spacial score (nSPS) is 17.9. The lowest BCUT2D eigenvalue weighted by molar-refractivity contribution is -0.142. The van der Waals surface area contributed by atoms with E-state index in [1.165, 1.54) is 5.57 Å². The Hall–Kier alpha value is -2.34. The zero-order chi connectivity index (χ0) is 25.1. The van der Waals surface area contributed by atoms with Crippen molar-refractivity contribution in [1.29, 1.82) is 0 Å². The van der Waals surface area contributed by atoms with Crippen LogP contribution in [0.3, 0.4) is 0 Å². The summed E-state index contributed by atoms with van der Waals surface area (Å²) < 4.78 is 5.63. The zero-order valence-corrected chi connectivity index (χ0v) is 21.2. The topological polar surface area (TPSA) is 110 Å². The minimum absolute atomic E-state index is 0.0257. The van der Waals surface area contributed by atoms with Crippen LogP contribution in [0.2, 0.25) is 0 Å². The average Bonchev–Trinajstić information content (AvgIpc) is 2.72. The summed E-state index contributed by atoms with van der Waals surface area (Å²) in [6, 6.07) is -0.877. The number of carboxylic acids is 1. The van der Waals surface area contributed by atoms with E-state index in [2.05, 4.69) is 26.8 Å². The molecule has 0 amide bonds. The van der Waals surface area contributed by atoms with Crippen LogP contribution in [0.15, 0.2) is 46.0 Å². The number of rotatable bonds is 13. The number of carbonyl (C=O) groups excluding carboxylic acids is 1. The van der Waals surface area contributed by atoms with Crippen LogP contribution in [0.4, 0.5) is 0 Å². The molecular weight excluding hydrogens is 418 g/mol. The molecule has 0 heterocycles. The third-order valence-electron chi connectivity index (χ3n) is 6.04. The number of carboxylic acid groups (broad SMARTS) is 1.